The van der Waals surface area contributed by atoms with Crippen molar-refractivity contribution >= 4 is 11.0 Å². The summed E-state index contributed by atoms with van der Waals surface area (Å²) in [5.74, 6) is 1.30. The van der Waals surface area contributed by atoms with Crippen molar-refractivity contribution < 1.29 is 22.4 Å². The lowest BCUT2D eigenvalue weighted by Crippen LogP contribution is -2.06. The first-order valence-corrected chi connectivity index (χ1v) is 10.9. The van der Waals surface area contributed by atoms with E-state index in [1.165, 1.54) is 6.07 Å². The van der Waals surface area contributed by atoms with Crippen molar-refractivity contribution in [3.05, 3.63) is 52.2 Å². The number of nitrogens with zero attached hydrogens (tertiary/aromatic N) is 2. The molecule has 4 nitrogen and oxygen atoms in total. The molecule has 1 heterocycles. The number of aromatic nitrogens is 1. The molecule has 3 rings (SSSR count). The van der Waals surface area contributed by atoms with Gasteiger partial charge in [0.25, 0.3) is 0 Å². The number of halogens is 3. The third-order valence-electron chi connectivity index (χ3n) is 5.41. The molecule has 0 amide bonds. The van der Waals surface area contributed by atoms with Crippen LogP contribution in [0.15, 0.2) is 28.8 Å². The highest BCUT2D eigenvalue weighted by Crippen LogP contribution is 2.42. The molecule has 0 unspecified atom stereocenters. The minimum absolute atomic E-state index is 0.0371. The number of ether oxygens (including phenoxy) is 1. The summed E-state index contributed by atoms with van der Waals surface area (Å²) in [6.07, 6.45) is -1.98. The van der Waals surface area contributed by atoms with E-state index in [2.05, 4.69) is 25.1 Å². The number of nitriles is 1. The van der Waals surface area contributed by atoms with Gasteiger partial charge in [-0.15, -0.1) is 0 Å². The molecule has 2 aromatic carbocycles. The average molecular weight is 444 g/mol. The molecule has 1 aromatic heterocycles. The van der Waals surface area contributed by atoms with Crippen molar-refractivity contribution in [2.75, 3.05) is 0 Å². The first-order chi connectivity index (χ1) is 15.2. The molecule has 7 heteroatoms. The molecule has 0 spiro atoms. The van der Waals surface area contributed by atoms with Gasteiger partial charge in [-0.2, -0.15) is 18.4 Å². The summed E-state index contributed by atoms with van der Waals surface area (Å²) in [6, 6.07) is 9.40. The molecule has 0 aliphatic carbocycles. The Kier molecular flexibility index (Phi) is 7.12. The lowest BCUT2D eigenvalue weighted by atomic mass is 9.97. The fourth-order valence-corrected chi connectivity index (χ4v) is 3.82. The first-order valence-electron chi connectivity index (χ1n) is 10.9. The molecule has 0 saturated heterocycles. The number of aryl methyl sites for hydroxylation is 2. The van der Waals surface area contributed by atoms with Gasteiger partial charge in [0.2, 0.25) is 0 Å². The smallest absolute Gasteiger partial charge is 0.437 e. The molecule has 3 aromatic rings. The Balaban J connectivity index is 2.26. The topological polar surface area (TPSA) is 59.1 Å². The van der Waals surface area contributed by atoms with Crippen LogP contribution in [-0.2, 0) is 25.4 Å². The molecular formula is C25H27F3N2O2. The Bertz CT molecular complexity index is 1140. The van der Waals surface area contributed by atoms with Crippen LogP contribution in [0.3, 0.4) is 0 Å². The van der Waals surface area contributed by atoms with Crippen LogP contribution < -0.4 is 4.74 Å². The highest BCUT2D eigenvalue weighted by molar-refractivity contribution is 5.86. The third kappa shape index (κ3) is 4.74. The van der Waals surface area contributed by atoms with E-state index in [9.17, 15) is 18.4 Å². The lowest BCUT2D eigenvalue weighted by molar-refractivity contribution is -0.141. The van der Waals surface area contributed by atoms with E-state index in [1.807, 2.05) is 32.0 Å². The summed E-state index contributed by atoms with van der Waals surface area (Å²) in [7, 11) is 0. The number of fused-ring (bicyclic) bond motifs is 1. The van der Waals surface area contributed by atoms with Gasteiger partial charge in [-0.3, -0.25) is 0 Å². The van der Waals surface area contributed by atoms with Gasteiger partial charge in [-0.25, -0.2) is 0 Å². The van der Waals surface area contributed by atoms with Gasteiger partial charge in [0.1, 0.15) is 11.5 Å². The van der Waals surface area contributed by atoms with E-state index in [1.54, 1.807) is 0 Å². The van der Waals surface area contributed by atoms with Gasteiger partial charge in [0, 0.05) is 11.1 Å². The van der Waals surface area contributed by atoms with Gasteiger partial charge >= 0.3 is 6.18 Å². The quantitative estimate of drug-likeness (QED) is 0.357. The van der Waals surface area contributed by atoms with Gasteiger partial charge in [-0.05, 0) is 42.0 Å². The van der Waals surface area contributed by atoms with Crippen LogP contribution in [0.4, 0.5) is 13.2 Å². The van der Waals surface area contributed by atoms with Crippen LogP contribution in [0.25, 0.3) is 11.0 Å². The molecule has 0 fully saturated rings. The van der Waals surface area contributed by atoms with Crippen LogP contribution in [0, 0.1) is 11.3 Å². The maximum Gasteiger partial charge on any atom is 0.437 e. The Labute approximate surface area is 186 Å². The van der Waals surface area contributed by atoms with Crippen LogP contribution in [0.5, 0.6) is 11.5 Å². The summed E-state index contributed by atoms with van der Waals surface area (Å²) in [5.41, 5.74) is 2.13. The molecule has 0 aliphatic heterocycles. The van der Waals surface area contributed by atoms with Gasteiger partial charge in [0.15, 0.2) is 11.3 Å². The second kappa shape index (κ2) is 9.64. The van der Waals surface area contributed by atoms with Gasteiger partial charge < -0.3 is 9.26 Å². The molecule has 0 N–H and O–H groups in total. The summed E-state index contributed by atoms with van der Waals surface area (Å²) in [6.45, 7) is 8.04. The predicted octanol–water partition coefficient (Wildman–Crippen LogP) is 7.73. The van der Waals surface area contributed by atoms with Crippen LogP contribution in [-0.4, -0.2) is 5.16 Å². The number of benzene rings is 2. The van der Waals surface area contributed by atoms with Crippen molar-refractivity contribution in [2.24, 2.45) is 0 Å². The molecule has 0 aliphatic rings. The van der Waals surface area contributed by atoms with E-state index in [0.717, 1.165) is 17.5 Å². The monoisotopic (exact) mass is 444 g/mol. The number of rotatable bonds is 8. The zero-order valence-corrected chi connectivity index (χ0v) is 18.8. The normalized spacial score (nSPS) is 11.8. The standard InChI is InChI=1S/C25H27F3N2O2/c1-5-7-18-13-20-23(32-30-24(20)25(26,27)28)19(8-6-2)22(18)31-21-14-17(15(3)4)10-9-16(21)11-12-29/h9-10,13-15H,5-8,11H2,1-4H3. The summed E-state index contributed by atoms with van der Waals surface area (Å²) in [5, 5.41) is 12.6. The molecule has 0 bridgehead atoms. The van der Waals surface area contributed by atoms with E-state index < -0.39 is 11.9 Å². The highest BCUT2D eigenvalue weighted by Gasteiger charge is 2.38. The van der Waals surface area contributed by atoms with Crippen molar-refractivity contribution in [1.29, 1.82) is 5.26 Å². The Morgan fingerprint density at radius 3 is 2.41 bits per heavy atom. The fraction of sp³-hybridized carbons (Fsp3) is 0.440. The van der Waals surface area contributed by atoms with Crippen LogP contribution in [0.1, 0.15) is 74.4 Å². The maximum absolute atomic E-state index is 13.5. The molecule has 32 heavy (non-hydrogen) atoms. The lowest BCUT2D eigenvalue weighted by Gasteiger charge is -2.19. The number of hydrogen-bond acceptors (Lipinski definition) is 4. The second-order valence-corrected chi connectivity index (χ2v) is 8.21. The SMILES string of the molecule is CCCc1cc2c(C(F)(F)F)noc2c(CCC)c1Oc1cc(C(C)C)ccc1CC#N. The Morgan fingerprint density at radius 2 is 1.81 bits per heavy atom. The van der Waals surface area contributed by atoms with Crippen molar-refractivity contribution in [3.8, 4) is 17.6 Å². The molecular weight excluding hydrogens is 417 g/mol. The predicted molar refractivity (Wildman–Crippen MR) is 117 cm³/mol. The van der Waals surface area contributed by atoms with E-state index in [0.29, 0.717) is 41.9 Å². The van der Waals surface area contributed by atoms with Crippen LogP contribution >= 0.6 is 0 Å². The largest absolute Gasteiger partial charge is 0.456 e. The number of alkyl halides is 3. The van der Waals surface area contributed by atoms with Crippen molar-refractivity contribution in [2.45, 2.75) is 71.9 Å². The van der Waals surface area contributed by atoms with E-state index >= 15 is 0 Å². The molecule has 0 radical (unpaired) electrons. The third-order valence-corrected chi connectivity index (χ3v) is 5.41. The van der Waals surface area contributed by atoms with E-state index in [4.69, 9.17) is 9.26 Å². The first kappa shape index (κ1) is 23.6. The Hall–Kier alpha value is -3.01. The molecule has 170 valence electrons. The highest BCUT2D eigenvalue weighted by atomic mass is 19.4. The fourth-order valence-electron chi connectivity index (χ4n) is 3.82. The summed E-state index contributed by atoms with van der Waals surface area (Å²) >= 11 is 0. The zero-order valence-electron chi connectivity index (χ0n) is 18.8. The van der Waals surface area contributed by atoms with Gasteiger partial charge in [0.05, 0.1) is 17.9 Å². The number of hydrogen-bond donors (Lipinski definition) is 0. The molecule has 0 atom stereocenters. The van der Waals surface area contributed by atoms with Crippen molar-refractivity contribution in [3.63, 3.8) is 0 Å². The zero-order chi connectivity index (χ0) is 23.5. The Morgan fingerprint density at radius 1 is 1.09 bits per heavy atom. The maximum atomic E-state index is 13.5. The van der Waals surface area contributed by atoms with Crippen LogP contribution in [0.2, 0.25) is 0 Å². The van der Waals surface area contributed by atoms with Gasteiger partial charge in [-0.1, -0.05) is 57.8 Å². The summed E-state index contributed by atoms with van der Waals surface area (Å²) < 4.78 is 52.1. The van der Waals surface area contributed by atoms with Crippen molar-refractivity contribution in [1.82, 2.24) is 5.16 Å². The average Bonchev–Trinajstić information content (AvgIpc) is 3.16. The minimum atomic E-state index is -4.61. The summed E-state index contributed by atoms with van der Waals surface area (Å²) in [4.78, 5) is 0. The molecule has 0 saturated carbocycles. The van der Waals surface area contributed by atoms with E-state index in [-0.39, 0.29) is 23.3 Å². The minimum Gasteiger partial charge on any atom is -0.456 e. The second-order valence-electron chi connectivity index (χ2n) is 8.21.